The second-order valence-electron chi connectivity index (χ2n) is 5.74. The van der Waals surface area contributed by atoms with Crippen LogP contribution in [0.5, 0.6) is 0 Å². The van der Waals surface area contributed by atoms with Gasteiger partial charge in [-0.1, -0.05) is 37.3 Å². The van der Waals surface area contributed by atoms with Gasteiger partial charge >= 0.3 is 0 Å². The van der Waals surface area contributed by atoms with Crippen molar-refractivity contribution in [2.75, 3.05) is 13.1 Å². The average Bonchev–Trinajstić information content (AvgIpc) is 2.79. The minimum atomic E-state index is -0.399. The zero-order valence-corrected chi connectivity index (χ0v) is 11.5. The van der Waals surface area contributed by atoms with E-state index in [1.165, 1.54) is 12.8 Å². The molecule has 2 aliphatic rings. The van der Waals surface area contributed by atoms with Crippen molar-refractivity contribution < 1.29 is 9.84 Å². The van der Waals surface area contributed by atoms with E-state index in [1.54, 1.807) is 0 Å². The highest BCUT2D eigenvalue weighted by Crippen LogP contribution is 2.31. The molecule has 1 N–H and O–H groups in total. The van der Waals surface area contributed by atoms with Gasteiger partial charge in [0.05, 0.1) is 18.3 Å². The summed E-state index contributed by atoms with van der Waals surface area (Å²) in [5.41, 5.74) is 1.02. The van der Waals surface area contributed by atoms with Gasteiger partial charge in [0, 0.05) is 19.1 Å². The molecule has 3 heteroatoms. The third-order valence-corrected chi connectivity index (χ3v) is 4.46. The summed E-state index contributed by atoms with van der Waals surface area (Å²) in [4.78, 5) is 2.43. The van der Waals surface area contributed by atoms with Crippen LogP contribution >= 0.6 is 0 Å². The van der Waals surface area contributed by atoms with Gasteiger partial charge in [-0.25, -0.2) is 0 Å². The molecule has 19 heavy (non-hydrogen) atoms. The molecule has 2 aliphatic heterocycles. The summed E-state index contributed by atoms with van der Waals surface area (Å²) in [6.07, 6.45) is 3.70. The molecule has 0 radical (unpaired) electrons. The van der Waals surface area contributed by atoms with Gasteiger partial charge in [0.2, 0.25) is 0 Å². The van der Waals surface area contributed by atoms with Crippen LogP contribution in [0.1, 0.15) is 37.9 Å². The van der Waals surface area contributed by atoms with E-state index in [-0.39, 0.29) is 6.04 Å². The number of aliphatic hydroxyl groups is 1. The van der Waals surface area contributed by atoms with Crippen LogP contribution in [0, 0.1) is 0 Å². The Morgan fingerprint density at radius 2 is 1.84 bits per heavy atom. The number of hydrogen-bond acceptors (Lipinski definition) is 3. The van der Waals surface area contributed by atoms with Crippen molar-refractivity contribution in [3.05, 3.63) is 35.9 Å². The lowest BCUT2D eigenvalue weighted by Gasteiger charge is -2.39. The highest BCUT2D eigenvalue weighted by atomic mass is 16.5. The van der Waals surface area contributed by atoms with Crippen molar-refractivity contribution in [3.63, 3.8) is 0 Å². The molecule has 104 valence electrons. The van der Waals surface area contributed by atoms with E-state index in [4.69, 9.17) is 4.74 Å². The fraction of sp³-hybridized carbons (Fsp3) is 0.625. The van der Waals surface area contributed by atoms with E-state index < -0.39 is 6.10 Å². The number of fused-ring (bicyclic) bond motifs is 2. The monoisotopic (exact) mass is 261 g/mol. The second-order valence-corrected chi connectivity index (χ2v) is 5.74. The summed E-state index contributed by atoms with van der Waals surface area (Å²) >= 11 is 0. The highest BCUT2D eigenvalue weighted by molar-refractivity contribution is 5.19. The van der Waals surface area contributed by atoms with Crippen molar-refractivity contribution in [1.82, 2.24) is 4.90 Å². The van der Waals surface area contributed by atoms with E-state index in [0.29, 0.717) is 12.2 Å². The summed E-state index contributed by atoms with van der Waals surface area (Å²) in [7, 11) is 0. The molecule has 4 atom stereocenters. The molecule has 1 aromatic rings. The first-order valence-corrected chi connectivity index (χ1v) is 7.40. The van der Waals surface area contributed by atoms with Crippen molar-refractivity contribution in [2.45, 2.75) is 50.5 Å². The molecule has 0 aromatic heterocycles. The van der Waals surface area contributed by atoms with Crippen LogP contribution in [-0.4, -0.2) is 41.3 Å². The summed E-state index contributed by atoms with van der Waals surface area (Å²) < 4.78 is 5.88. The minimum absolute atomic E-state index is 0.203. The Hall–Kier alpha value is -0.900. The molecule has 2 fully saturated rings. The quantitative estimate of drug-likeness (QED) is 0.903. The highest BCUT2D eigenvalue weighted by Gasteiger charge is 2.38. The third kappa shape index (κ3) is 2.69. The minimum Gasteiger partial charge on any atom is -0.387 e. The van der Waals surface area contributed by atoms with Crippen LogP contribution < -0.4 is 0 Å². The van der Waals surface area contributed by atoms with Gasteiger partial charge in [0.15, 0.2) is 0 Å². The van der Waals surface area contributed by atoms with Gasteiger partial charge in [0.1, 0.15) is 0 Å². The Morgan fingerprint density at radius 1 is 1.21 bits per heavy atom. The lowest BCUT2D eigenvalue weighted by Crippen LogP contribution is -2.49. The number of rotatable bonds is 4. The molecule has 3 nitrogen and oxygen atoms in total. The van der Waals surface area contributed by atoms with Gasteiger partial charge in [-0.3, -0.25) is 4.90 Å². The maximum absolute atomic E-state index is 10.6. The molecular weight excluding hydrogens is 238 g/mol. The summed E-state index contributed by atoms with van der Waals surface area (Å²) in [5, 5.41) is 10.6. The summed E-state index contributed by atoms with van der Waals surface area (Å²) in [5.74, 6) is 0. The SMILES string of the molecule is CCC(C(O)c1ccccc1)N1CC2CCC(C1)O2. The first-order chi connectivity index (χ1) is 9.28. The van der Waals surface area contributed by atoms with E-state index in [1.807, 2.05) is 30.3 Å². The van der Waals surface area contributed by atoms with Crippen LogP contribution in [0.15, 0.2) is 30.3 Å². The van der Waals surface area contributed by atoms with Crippen molar-refractivity contribution in [2.24, 2.45) is 0 Å². The van der Waals surface area contributed by atoms with Crippen LogP contribution in [0.4, 0.5) is 0 Å². The van der Waals surface area contributed by atoms with Crippen LogP contribution in [0.2, 0.25) is 0 Å². The van der Waals surface area contributed by atoms with Crippen molar-refractivity contribution >= 4 is 0 Å². The molecule has 4 unspecified atom stereocenters. The fourth-order valence-electron chi connectivity index (χ4n) is 3.47. The number of benzene rings is 1. The lowest BCUT2D eigenvalue weighted by atomic mass is 9.98. The van der Waals surface area contributed by atoms with Gasteiger partial charge in [-0.05, 0) is 24.8 Å². The Morgan fingerprint density at radius 3 is 2.42 bits per heavy atom. The number of aliphatic hydroxyl groups excluding tert-OH is 1. The van der Waals surface area contributed by atoms with Crippen LogP contribution in [0.3, 0.4) is 0 Å². The lowest BCUT2D eigenvalue weighted by molar-refractivity contribution is -0.0740. The molecular formula is C16H23NO2. The molecule has 0 spiro atoms. The van der Waals surface area contributed by atoms with E-state index in [2.05, 4.69) is 11.8 Å². The topological polar surface area (TPSA) is 32.7 Å². The molecule has 0 aliphatic carbocycles. The zero-order chi connectivity index (χ0) is 13.2. The van der Waals surface area contributed by atoms with Gasteiger partial charge in [-0.2, -0.15) is 0 Å². The molecule has 2 heterocycles. The Labute approximate surface area is 115 Å². The Bertz CT molecular complexity index is 396. The fourth-order valence-corrected chi connectivity index (χ4v) is 3.47. The first kappa shape index (κ1) is 13.1. The number of ether oxygens (including phenoxy) is 1. The number of nitrogens with zero attached hydrogens (tertiary/aromatic N) is 1. The predicted octanol–water partition coefficient (Wildman–Crippen LogP) is 2.36. The molecule has 0 amide bonds. The van der Waals surface area contributed by atoms with Gasteiger partial charge in [0.25, 0.3) is 0 Å². The normalized spacial score (nSPS) is 30.2. The third-order valence-electron chi connectivity index (χ3n) is 4.46. The van der Waals surface area contributed by atoms with Crippen molar-refractivity contribution in [3.8, 4) is 0 Å². The van der Waals surface area contributed by atoms with Crippen LogP contribution in [0.25, 0.3) is 0 Å². The van der Waals surface area contributed by atoms with Gasteiger partial charge < -0.3 is 9.84 Å². The predicted molar refractivity (Wildman–Crippen MR) is 74.9 cm³/mol. The Kier molecular flexibility index (Phi) is 3.87. The largest absolute Gasteiger partial charge is 0.387 e. The molecule has 3 rings (SSSR count). The number of hydrogen-bond donors (Lipinski definition) is 1. The van der Waals surface area contributed by atoms with E-state index in [0.717, 1.165) is 25.1 Å². The second kappa shape index (κ2) is 5.61. The van der Waals surface area contributed by atoms with Crippen LogP contribution in [-0.2, 0) is 4.74 Å². The molecule has 0 saturated carbocycles. The molecule has 2 saturated heterocycles. The van der Waals surface area contributed by atoms with E-state index >= 15 is 0 Å². The number of morpholine rings is 1. The molecule has 1 aromatic carbocycles. The molecule has 2 bridgehead atoms. The van der Waals surface area contributed by atoms with Crippen molar-refractivity contribution in [1.29, 1.82) is 0 Å². The summed E-state index contributed by atoms with van der Waals surface area (Å²) in [6.45, 7) is 4.10. The number of likely N-dealkylation sites (tertiary alicyclic amines) is 1. The van der Waals surface area contributed by atoms with Gasteiger partial charge in [-0.15, -0.1) is 0 Å². The van der Waals surface area contributed by atoms with E-state index in [9.17, 15) is 5.11 Å². The standard InChI is InChI=1S/C16H23NO2/c1-2-15(16(18)12-6-4-3-5-7-12)17-10-13-8-9-14(11-17)19-13/h3-7,13-16,18H,2,8-11H2,1H3. The maximum atomic E-state index is 10.6. The first-order valence-electron chi connectivity index (χ1n) is 7.40. The smallest absolute Gasteiger partial charge is 0.0945 e. The maximum Gasteiger partial charge on any atom is 0.0945 e. The Balaban J connectivity index is 1.73. The average molecular weight is 261 g/mol. The zero-order valence-electron chi connectivity index (χ0n) is 11.5. The summed E-state index contributed by atoms with van der Waals surface area (Å²) in [6, 6.07) is 10.2.